The lowest BCUT2D eigenvalue weighted by atomic mass is 10.1. The zero-order valence-electron chi connectivity index (χ0n) is 8.14. The Morgan fingerprint density at radius 1 is 1.29 bits per heavy atom. The zero-order chi connectivity index (χ0) is 12.6. The van der Waals surface area contributed by atoms with Gasteiger partial charge in [0, 0.05) is 10.0 Å². The summed E-state index contributed by atoms with van der Waals surface area (Å²) < 4.78 is 14.5. The molecule has 0 radical (unpaired) electrons. The van der Waals surface area contributed by atoms with Crippen LogP contribution in [0.5, 0.6) is 0 Å². The number of halogens is 4. The SMILES string of the molecule is O=C(c1cc(Br)c(Br)s1)c1ccc(F)cc1Cl. The third-order valence-electron chi connectivity index (χ3n) is 2.04. The first-order valence-corrected chi connectivity index (χ1v) is 7.21. The van der Waals surface area contributed by atoms with Crippen molar-refractivity contribution in [3.8, 4) is 0 Å². The monoisotopic (exact) mass is 396 g/mol. The van der Waals surface area contributed by atoms with Crippen LogP contribution in [0.2, 0.25) is 5.02 Å². The first kappa shape index (κ1) is 13.2. The van der Waals surface area contributed by atoms with Gasteiger partial charge in [0.2, 0.25) is 5.78 Å². The van der Waals surface area contributed by atoms with E-state index in [4.69, 9.17) is 11.6 Å². The average molecular weight is 398 g/mol. The van der Waals surface area contributed by atoms with Crippen LogP contribution in [-0.2, 0) is 0 Å². The molecule has 6 heteroatoms. The molecular weight excluding hydrogens is 394 g/mol. The maximum absolute atomic E-state index is 12.9. The summed E-state index contributed by atoms with van der Waals surface area (Å²) in [5, 5.41) is 0.121. The molecule has 1 nitrogen and oxygen atoms in total. The highest BCUT2D eigenvalue weighted by molar-refractivity contribution is 9.13. The molecule has 1 heterocycles. The topological polar surface area (TPSA) is 17.1 Å². The van der Waals surface area contributed by atoms with E-state index < -0.39 is 5.82 Å². The fourth-order valence-electron chi connectivity index (χ4n) is 1.26. The molecule has 0 spiro atoms. The fourth-order valence-corrected chi connectivity index (χ4v) is 3.51. The molecule has 0 saturated heterocycles. The quantitative estimate of drug-likeness (QED) is 0.628. The van der Waals surface area contributed by atoms with Gasteiger partial charge < -0.3 is 0 Å². The predicted octanol–water partition coefficient (Wildman–Crippen LogP) is 5.30. The van der Waals surface area contributed by atoms with E-state index in [2.05, 4.69) is 31.9 Å². The van der Waals surface area contributed by atoms with E-state index in [1.165, 1.54) is 23.5 Å². The standard InChI is InChI=1S/C11H4Br2ClFOS/c12-7-4-9(17-11(7)13)10(16)6-2-1-5(15)3-8(6)14/h1-4H. The molecule has 0 aliphatic carbocycles. The molecule has 2 rings (SSSR count). The molecule has 0 bridgehead atoms. The normalized spacial score (nSPS) is 10.6. The number of carbonyl (C=O) groups is 1. The van der Waals surface area contributed by atoms with E-state index >= 15 is 0 Å². The molecule has 2 aromatic rings. The molecule has 0 atom stereocenters. The maximum atomic E-state index is 12.9. The van der Waals surface area contributed by atoms with Gasteiger partial charge in [-0.15, -0.1) is 11.3 Å². The Balaban J connectivity index is 2.43. The summed E-state index contributed by atoms with van der Waals surface area (Å²) in [5.74, 6) is -0.675. The van der Waals surface area contributed by atoms with E-state index in [1.807, 2.05) is 0 Å². The summed E-state index contributed by atoms with van der Waals surface area (Å²) in [7, 11) is 0. The van der Waals surface area contributed by atoms with Crippen LogP contribution in [0.4, 0.5) is 4.39 Å². The first-order valence-electron chi connectivity index (χ1n) is 4.43. The van der Waals surface area contributed by atoms with Gasteiger partial charge >= 0.3 is 0 Å². The molecule has 17 heavy (non-hydrogen) atoms. The van der Waals surface area contributed by atoms with Crippen LogP contribution >= 0.6 is 54.8 Å². The molecule has 0 saturated carbocycles. The summed E-state index contributed by atoms with van der Waals surface area (Å²) in [6.45, 7) is 0. The average Bonchev–Trinajstić information content (AvgIpc) is 2.58. The Morgan fingerprint density at radius 2 is 2.00 bits per heavy atom. The maximum Gasteiger partial charge on any atom is 0.204 e. The third kappa shape index (κ3) is 2.78. The molecule has 88 valence electrons. The van der Waals surface area contributed by atoms with Crippen LogP contribution in [0.3, 0.4) is 0 Å². The van der Waals surface area contributed by atoms with Crippen molar-refractivity contribution in [3.05, 3.63) is 53.8 Å². The molecule has 0 N–H and O–H groups in total. The number of thiophene rings is 1. The minimum atomic E-state index is -0.458. The molecule has 0 amide bonds. The number of benzene rings is 1. The van der Waals surface area contributed by atoms with Gasteiger partial charge in [0.1, 0.15) is 5.82 Å². The number of hydrogen-bond acceptors (Lipinski definition) is 2. The Hall–Kier alpha value is -0.230. The van der Waals surface area contributed by atoms with Gasteiger partial charge in [-0.3, -0.25) is 4.79 Å². The van der Waals surface area contributed by atoms with Crippen LogP contribution in [0.15, 0.2) is 32.5 Å². The lowest BCUT2D eigenvalue weighted by Gasteiger charge is -2.01. The summed E-state index contributed by atoms with van der Waals surface area (Å²) >= 11 is 13.8. The van der Waals surface area contributed by atoms with E-state index in [9.17, 15) is 9.18 Å². The van der Waals surface area contributed by atoms with Gasteiger partial charge in [0.05, 0.1) is 13.7 Å². The molecule has 0 fully saturated rings. The van der Waals surface area contributed by atoms with Crippen molar-refractivity contribution >= 4 is 60.6 Å². The second-order valence-electron chi connectivity index (χ2n) is 3.19. The second kappa shape index (κ2) is 5.18. The zero-order valence-corrected chi connectivity index (χ0v) is 12.9. The molecule has 1 aromatic heterocycles. The molecule has 0 aliphatic heterocycles. The minimum Gasteiger partial charge on any atom is -0.288 e. The summed E-state index contributed by atoms with van der Waals surface area (Å²) in [6.07, 6.45) is 0. The van der Waals surface area contributed by atoms with Crippen molar-refractivity contribution in [1.82, 2.24) is 0 Å². The lowest BCUT2D eigenvalue weighted by molar-refractivity contribution is 0.104. The highest BCUT2D eigenvalue weighted by atomic mass is 79.9. The van der Waals surface area contributed by atoms with Crippen LogP contribution in [0.1, 0.15) is 15.2 Å². The van der Waals surface area contributed by atoms with E-state index in [-0.39, 0.29) is 10.8 Å². The van der Waals surface area contributed by atoms with Gasteiger partial charge in [-0.1, -0.05) is 11.6 Å². The molecule has 1 aromatic carbocycles. The van der Waals surface area contributed by atoms with E-state index in [0.29, 0.717) is 10.4 Å². The number of carbonyl (C=O) groups excluding carboxylic acids is 1. The van der Waals surface area contributed by atoms with Crippen LogP contribution in [-0.4, -0.2) is 5.78 Å². The summed E-state index contributed by atoms with van der Waals surface area (Å²) in [4.78, 5) is 12.6. The van der Waals surface area contributed by atoms with Gasteiger partial charge in [-0.05, 0) is 56.1 Å². The van der Waals surface area contributed by atoms with Gasteiger partial charge in [0.15, 0.2) is 0 Å². The highest BCUT2D eigenvalue weighted by Crippen LogP contribution is 2.34. The van der Waals surface area contributed by atoms with E-state index in [0.717, 1.165) is 14.3 Å². The third-order valence-corrected chi connectivity index (χ3v) is 5.61. The van der Waals surface area contributed by atoms with Gasteiger partial charge in [-0.25, -0.2) is 4.39 Å². The van der Waals surface area contributed by atoms with Crippen molar-refractivity contribution in [1.29, 1.82) is 0 Å². The largest absolute Gasteiger partial charge is 0.288 e. The molecule has 0 aliphatic rings. The van der Waals surface area contributed by atoms with Crippen molar-refractivity contribution < 1.29 is 9.18 Å². The number of ketones is 1. The van der Waals surface area contributed by atoms with Crippen molar-refractivity contribution in [2.24, 2.45) is 0 Å². The Morgan fingerprint density at radius 3 is 2.53 bits per heavy atom. The van der Waals surface area contributed by atoms with Crippen LogP contribution in [0, 0.1) is 5.82 Å². The van der Waals surface area contributed by atoms with Gasteiger partial charge in [0.25, 0.3) is 0 Å². The van der Waals surface area contributed by atoms with Crippen molar-refractivity contribution in [2.75, 3.05) is 0 Å². The fraction of sp³-hybridized carbons (Fsp3) is 0. The molecular formula is C11H4Br2ClFOS. The van der Waals surface area contributed by atoms with Gasteiger partial charge in [-0.2, -0.15) is 0 Å². The lowest BCUT2D eigenvalue weighted by Crippen LogP contribution is -1.99. The predicted molar refractivity (Wildman–Crippen MR) is 74.6 cm³/mol. The Labute approximate surface area is 123 Å². The van der Waals surface area contributed by atoms with Crippen LogP contribution in [0.25, 0.3) is 0 Å². The summed E-state index contributed by atoms with van der Waals surface area (Å²) in [6, 6.07) is 5.45. The Kier molecular flexibility index (Phi) is 4.02. The smallest absolute Gasteiger partial charge is 0.204 e. The summed E-state index contributed by atoms with van der Waals surface area (Å²) in [5.41, 5.74) is 0.300. The number of hydrogen-bond donors (Lipinski definition) is 0. The minimum absolute atomic E-state index is 0.121. The van der Waals surface area contributed by atoms with Crippen molar-refractivity contribution in [3.63, 3.8) is 0 Å². The first-order chi connectivity index (χ1) is 7.99. The second-order valence-corrected chi connectivity index (χ2v) is 6.82. The number of rotatable bonds is 2. The van der Waals surface area contributed by atoms with Crippen molar-refractivity contribution in [2.45, 2.75) is 0 Å². The Bertz CT molecular complexity index is 578. The molecule has 0 unspecified atom stereocenters. The van der Waals surface area contributed by atoms with E-state index in [1.54, 1.807) is 6.07 Å². The van der Waals surface area contributed by atoms with Crippen LogP contribution < -0.4 is 0 Å². The highest BCUT2D eigenvalue weighted by Gasteiger charge is 2.17.